The van der Waals surface area contributed by atoms with Gasteiger partial charge in [-0.15, -0.1) is 0 Å². The largest absolute Gasteiger partial charge is 0.468 e. The van der Waals surface area contributed by atoms with Crippen LogP contribution in [0.3, 0.4) is 0 Å². The van der Waals surface area contributed by atoms with Crippen LogP contribution in [0.1, 0.15) is 19.8 Å². The molecule has 76 valence electrons. The lowest BCUT2D eigenvalue weighted by Gasteiger charge is -2.08. The van der Waals surface area contributed by atoms with Crippen molar-refractivity contribution < 1.29 is 14.3 Å². The molecule has 0 aromatic rings. The van der Waals surface area contributed by atoms with Crippen LogP contribution in [0, 0.1) is 0 Å². The number of nitrogens with two attached hydrogens (primary N) is 1. The number of nitrogens with one attached hydrogen (secondary N) is 1. The first kappa shape index (κ1) is 11.9. The lowest BCUT2D eigenvalue weighted by Crippen LogP contribution is -2.34. The third kappa shape index (κ3) is 6.10. The zero-order valence-corrected chi connectivity index (χ0v) is 8.00. The number of carbonyl (C=O) groups excluding carboxylic acids is 2. The Labute approximate surface area is 77.6 Å². The highest BCUT2D eigenvalue weighted by atomic mass is 16.5. The number of carbonyl (C=O) groups is 2. The van der Waals surface area contributed by atoms with Gasteiger partial charge in [0.15, 0.2) is 0 Å². The zero-order chi connectivity index (χ0) is 10.3. The fourth-order valence-electron chi connectivity index (χ4n) is 0.698. The second-order valence-corrected chi connectivity index (χ2v) is 2.73. The summed E-state index contributed by atoms with van der Waals surface area (Å²) in [7, 11) is 1.27. The van der Waals surface area contributed by atoms with Crippen LogP contribution in [-0.2, 0) is 14.3 Å². The second-order valence-electron chi connectivity index (χ2n) is 2.73. The van der Waals surface area contributed by atoms with E-state index in [-0.39, 0.29) is 24.9 Å². The Morgan fingerprint density at radius 2 is 2.15 bits per heavy atom. The van der Waals surface area contributed by atoms with Crippen LogP contribution in [-0.4, -0.2) is 31.6 Å². The molecule has 0 aromatic heterocycles. The molecule has 0 heterocycles. The van der Waals surface area contributed by atoms with Gasteiger partial charge in [-0.25, -0.2) is 0 Å². The molecular weight excluding hydrogens is 172 g/mol. The van der Waals surface area contributed by atoms with Gasteiger partial charge in [-0.1, -0.05) is 6.92 Å². The van der Waals surface area contributed by atoms with Crippen molar-refractivity contribution in [2.24, 2.45) is 5.73 Å². The smallest absolute Gasteiger partial charge is 0.325 e. The Balaban J connectivity index is 3.57. The minimum atomic E-state index is -0.460. The standard InChI is InChI=1S/C8H16N2O3/c1-3-6(9)4-7(11)10-5-8(12)13-2/h6H,3-5,9H2,1-2H3,(H,10,11). The summed E-state index contributed by atoms with van der Waals surface area (Å²) >= 11 is 0. The van der Waals surface area contributed by atoms with E-state index in [9.17, 15) is 9.59 Å². The van der Waals surface area contributed by atoms with Crippen LogP contribution in [0.4, 0.5) is 0 Å². The van der Waals surface area contributed by atoms with E-state index in [1.165, 1.54) is 7.11 Å². The predicted octanol–water partition coefficient (Wildman–Crippen LogP) is -0.597. The van der Waals surface area contributed by atoms with Crippen LogP contribution in [0.25, 0.3) is 0 Å². The molecule has 0 rings (SSSR count). The van der Waals surface area contributed by atoms with Gasteiger partial charge in [0.25, 0.3) is 0 Å². The number of rotatable bonds is 5. The maximum atomic E-state index is 11.0. The maximum Gasteiger partial charge on any atom is 0.325 e. The van der Waals surface area contributed by atoms with Crippen molar-refractivity contribution in [1.82, 2.24) is 5.32 Å². The summed E-state index contributed by atoms with van der Waals surface area (Å²) in [5.74, 6) is -0.682. The van der Waals surface area contributed by atoms with Gasteiger partial charge in [0, 0.05) is 12.5 Å². The van der Waals surface area contributed by atoms with Crippen molar-refractivity contribution in [2.45, 2.75) is 25.8 Å². The topological polar surface area (TPSA) is 81.4 Å². The lowest BCUT2D eigenvalue weighted by atomic mass is 10.1. The van der Waals surface area contributed by atoms with Crippen molar-refractivity contribution in [2.75, 3.05) is 13.7 Å². The van der Waals surface area contributed by atoms with E-state index in [2.05, 4.69) is 10.1 Å². The summed E-state index contributed by atoms with van der Waals surface area (Å²) in [5.41, 5.74) is 5.54. The van der Waals surface area contributed by atoms with Crippen molar-refractivity contribution in [1.29, 1.82) is 0 Å². The SMILES string of the molecule is CCC(N)CC(=O)NCC(=O)OC. The molecule has 0 saturated heterocycles. The monoisotopic (exact) mass is 188 g/mol. The van der Waals surface area contributed by atoms with Gasteiger partial charge >= 0.3 is 5.97 Å². The number of esters is 1. The number of hydrogen-bond acceptors (Lipinski definition) is 4. The summed E-state index contributed by atoms with van der Waals surface area (Å²) in [6.07, 6.45) is 0.985. The van der Waals surface area contributed by atoms with Crippen molar-refractivity contribution in [3.05, 3.63) is 0 Å². The van der Waals surface area contributed by atoms with Gasteiger partial charge in [0.05, 0.1) is 7.11 Å². The van der Waals surface area contributed by atoms with E-state index >= 15 is 0 Å². The molecular formula is C8H16N2O3. The molecule has 0 bridgehead atoms. The summed E-state index contributed by atoms with van der Waals surface area (Å²) in [5, 5.41) is 2.41. The van der Waals surface area contributed by atoms with Crippen molar-refractivity contribution >= 4 is 11.9 Å². The number of methoxy groups -OCH3 is 1. The highest BCUT2D eigenvalue weighted by Gasteiger charge is 2.08. The van der Waals surface area contributed by atoms with E-state index in [0.717, 1.165) is 6.42 Å². The number of hydrogen-bond donors (Lipinski definition) is 2. The average Bonchev–Trinajstić information content (AvgIpc) is 2.13. The zero-order valence-electron chi connectivity index (χ0n) is 8.00. The van der Waals surface area contributed by atoms with Gasteiger partial charge in [-0.2, -0.15) is 0 Å². The number of amides is 1. The Hall–Kier alpha value is -1.10. The highest BCUT2D eigenvalue weighted by molar-refractivity contribution is 5.82. The first-order valence-corrected chi connectivity index (χ1v) is 4.19. The normalized spacial score (nSPS) is 11.9. The van der Waals surface area contributed by atoms with Crippen LogP contribution >= 0.6 is 0 Å². The molecule has 0 aliphatic carbocycles. The molecule has 13 heavy (non-hydrogen) atoms. The van der Waals surface area contributed by atoms with Crippen molar-refractivity contribution in [3.8, 4) is 0 Å². The van der Waals surface area contributed by atoms with Crippen LogP contribution < -0.4 is 11.1 Å². The molecule has 3 N–H and O–H groups in total. The molecule has 0 radical (unpaired) electrons. The Bertz CT molecular complexity index is 182. The molecule has 1 amide bonds. The van der Waals surface area contributed by atoms with E-state index in [4.69, 9.17) is 5.73 Å². The van der Waals surface area contributed by atoms with Crippen LogP contribution in [0.2, 0.25) is 0 Å². The third-order valence-electron chi connectivity index (χ3n) is 1.63. The van der Waals surface area contributed by atoms with Gasteiger partial charge in [-0.05, 0) is 6.42 Å². The minimum Gasteiger partial charge on any atom is -0.468 e. The average molecular weight is 188 g/mol. The van der Waals surface area contributed by atoms with Crippen LogP contribution in [0.15, 0.2) is 0 Å². The summed E-state index contributed by atoms with van der Waals surface area (Å²) < 4.78 is 4.35. The quantitative estimate of drug-likeness (QED) is 0.565. The fourth-order valence-corrected chi connectivity index (χ4v) is 0.698. The number of ether oxygens (including phenoxy) is 1. The molecule has 0 aliphatic rings. The molecule has 5 heteroatoms. The first-order chi connectivity index (χ1) is 6.10. The van der Waals surface area contributed by atoms with Gasteiger partial charge in [-0.3, -0.25) is 9.59 Å². The Morgan fingerprint density at radius 3 is 2.62 bits per heavy atom. The van der Waals surface area contributed by atoms with E-state index in [1.54, 1.807) is 0 Å². The predicted molar refractivity (Wildman–Crippen MR) is 47.9 cm³/mol. The summed E-state index contributed by atoms with van der Waals surface area (Å²) in [6.45, 7) is 1.81. The maximum absolute atomic E-state index is 11.0. The molecule has 1 unspecified atom stereocenters. The second kappa shape index (κ2) is 6.42. The lowest BCUT2D eigenvalue weighted by molar-refractivity contribution is -0.141. The van der Waals surface area contributed by atoms with Gasteiger partial charge in [0.2, 0.25) is 5.91 Å². The molecule has 5 nitrogen and oxygen atoms in total. The van der Waals surface area contributed by atoms with Gasteiger partial charge < -0.3 is 15.8 Å². The van der Waals surface area contributed by atoms with E-state index < -0.39 is 5.97 Å². The molecule has 0 aliphatic heterocycles. The van der Waals surface area contributed by atoms with E-state index in [1.807, 2.05) is 6.92 Å². The minimum absolute atomic E-state index is 0.0915. The Kier molecular flexibility index (Phi) is 5.88. The van der Waals surface area contributed by atoms with Crippen LogP contribution in [0.5, 0.6) is 0 Å². The highest BCUT2D eigenvalue weighted by Crippen LogP contribution is 1.92. The molecule has 0 aromatic carbocycles. The molecule has 0 spiro atoms. The van der Waals surface area contributed by atoms with Crippen molar-refractivity contribution in [3.63, 3.8) is 0 Å². The first-order valence-electron chi connectivity index (χ1n) is 4.19. The molecule has 0 fully saturated rings. The van der Waals surface area contributed by atoms with E-state index in [0.29, 0.717) is 0 Å². The summed E-state index contributed by atoms with van der Waals surface area (Å²) in [4.78, 5) is 21.6. The third-order valence-corrected chi connectivity index (χ3v) is 1.63. The van der Waals surface area contributed by atoms with Gasteiger partial charge in [0.1, 0.15) is 6.54 Å². The Morgan fingerprint density at radius 1 is 1.54 bits per heavy atom. The molecule has 1 atom stereocenters. The molecule has 0 saturated carbocycles. The fraction of sp³-hybridized carbons (Fsp3) is 0.750. The summed E-state index contributed by atoms with van der Waals surface area (Å²) in [6, 6.07) is -0.141.